The number of hydrogen-bond donors (Lipinski definition) is 2. The minimum atomic E-state index is -3.84. The lowest BCUT2D eigenvalue weighted by molar-refractivity contribution is 0.0696. The maximum absolute atomic E-state index is 12.3. The predicted octanol–water partition coefficient (Wildman–Crippen LogP) is 2.65. The first-order chi connectivity index (χ1) is 9.81. The molecule has 2 aromatic rings. The van der Waals surface area contributed by atoms with E-state index < -0.39 is 16.0 Å². The molecule has 0 aliphatic heterocycles. The Balaban J connectivity index is 2.42. The van der Waals surface area contributed by atoms with E-state index in [1.807, 2.05) is 0 Å². The van der Waals surface area contributed by atoms with Gasteiger partial charge >= 0.3 is 5.97 Å². The summed E-state index contributed by atoms with van der Waals surface area (Å²) in [5.41, 5.74) is 0.606. The second-order valence-electron chi connectivity index (χ2n) is 4.23. The van der Waals surface area contributed by atoms with Gasteiger partial charge in [-0.2, -0.15) is 0 Å². The molecule has 0 aliphatic carbocycles. The monoisotopic (exact) mass is 370 g/mol. The number of aromatic carboxylic acids is 1. The van der Waals surface area contributed by atoms with Crippen LogP contribution >= 0.6 is 15.9 Å². The first kappa shape index (κ1) is 15.5. The smallest absolute Gasteiger partial charge is 0.336 e. The summed E-state index contributed by atoms with van der Waals surface area (Å²) in [6.07, 6.45) is 2.68. The Morgan fingerprint density at radius 1 is 1.33 bits per heavy atom. The molecule has 110 valence electrons. The van der Waals surface area contributed by atoms with Crippen LogP contribution in [0, 0.1) is 6.92 Å². The van der Waals surface area contributed by atoms with Crippen molar-refractivity contribution in [2.45, 2.75) is 11.8 Å². The fourth-order valence-corrected chi connectivity index (χ4v) is 3.35. The molecule has 0 saturated carbocycles. The third-order valence-corrected chi connectivity index (χ3v) is 4.56. The number of benzene rings is 1. The number of pyridine rings is 1. The van der Waals surface area contributed by atoms with Gasteiger partial charge < -0.3 is 5.11 Å². The summed E-state index contributed by atoms with van der Waals surface area (Å²) < 4.78 is 27.4. The summed E-state index contributed by atoms with van der Waals surface area (Å²) in [4.78, 5) is 14.8. The van der Waals surface area contributed by atoms with Gasteiger partial charge in [-0.15, -0.1) is 0 Å². The normalized spacial score (nSPS) is 11.1. The van der Waals surface area contributed by atoms with Crippen molar-refractivity contribution in [3.8, 4) is 0 Å². The Labute approximate surface area is 130 Å². The van der Waals surface area contributed by atoms with E-state index in [4.69, 9.17) is 5.11 Å². The van der Waals surface area contributed by atoms with E-state index in [0.717, 1.165) is 0 Å². The van der Waals surface area contributed by atoms with Crippen LogP contribution in [0.15, 0.2) is 46.0 Å². The Bertz CT molecular complexity index is 806. The molecule has 6 nitrogen and oxygen atoms in total. The fourth-order valence-electron chi connectivity index (χ4n) is 1.72. The second-order valence-corrected chi connectivity index (χ2v) is 6.83. The van der Waals surface area contributed by atoms with Crippen LogP contribution < -0.4 is 4.72 Å². The lowest BCUT2D eigenvalue weighted by Gasteiger charge is -2.12. The number of carboxylic acids is 1. The highest BCUT2D eigenvalue weighted by atomic mass is 79.9. The zero-order chi connectivity index (χ0) is 15.6. The van der Waals surface area contributed by atoms with Crippen molar-refractivity contribution in [1.29, 1.82) is 0 Å². The zero-order valence-corrected chi connectivity index (χ0v) is 13.3. The second kappa shape index (κ2) is 5.82. The lowest BCUT2D eigenvalue weighted by Crippen LogP contribution is -2.15. The Hall–Kier alpha value is -1.93. The average molecular weight is 371 g/mol. The van der Waals surface area contributed by atoms with Crippen molar-refractivity contribution in [3.05, 3.63) is 52.3 Å². The number of hydrogen-bond acceptors (Lipinski definition) is 4. The van der Waals surface area contributed by atoms with Crippen LogP contribution in [-0.4, -0.2) is 24.5 Å². The van der Waals surface area contributed by atoms with Crippen LogP contribution in [0.1, 0.15) is 15.9 Å². The van der Waals surface area contributed by atoms with Crippen molar-refractivity contribution in [2.24, 2.45) is 0 Å². The minimum Gasteiger partial charge on any atom is -0.478 e. The summed E-state index contributed by atoms with van der Waals surface area (Å²) >= 11 is 3.15. The first-order valence-electron chi connectivity index (χ1n) is 5.77. The number of nitrogens with zero attached hydrogens (tertiary/aromatic N) is 1. The lowest BCUT2D eigenvalue weighted by atomic mass is 10.1. The van der Waals surface area contributed by atoms with Crippen LogP contribution in [0.4, 0.5) is 5.69 Å². The van der Waals surface area contributed by atoms with Crippen LogP contribution in [-0.2, 0) is 10.0 Å². The van der Waals surface area contributed by atoms with Gasteiger partial charge in [-0.25, -0.2) is 13.2 Å². The molecule has 0 radical (unpaired) electrons. The molecule has 0 fully saturated rings. The van der Waals surface area contributed by atoms with Gasteiger partial charge in [0.2, 0.25) is 0 Å². The number of sulfonamides is 1. The van der Waals surface area contributed by atoms with E-state index in [-0.39, 0.29) is 16.1 Å². The van der Waals surface area contributed by atoms with Crippen molar-refractivity contribution in [2.75, 3.05) is 4.72 Å². The van der Waals surface area contributed by atoms with Gasteiger partial charge in [-0.3, -0.25) is 9.71 Å². The summed E-state index contributed by atoms with van der Waals surface area (Å²) in [7, 11) is -3.84. The Morgan fingerprint density at radius 2 is 2.05 bits per heavy atom. The summed E-state index contributed by atoms with van der Waals surface area (Å²) in [6, 6.07) is 5.81. The number of halogens is 1. The highest BCUT2D eigenvalue weighted by Crippen LogP contribution is 2.23. The van der Waals surface area contributed by atoms with Gasteiger partial charge in [-0.1, -0.05) is 6.07 Å². The van der Waals surface area contributed by atoms with E-state index >= 15 is 0 Å². The predicted molar refractivity (Wildman–Crippen MR) is 80.9 cm³/mol. The fraction of sp³-hybridized carbons (Fsp3) is 0.0769. The Morgan fingerprint density at radius 3 is 2.67 bits per heavy atom. The molecular weight excluding hydrogens is 360 g/mol. The van der Waals surface area contributed by atoms with E-state index in [1.165, 1.54) is 36.7 Å². The number of rotatable bonds is 4. The molecule has 0 saturated heterocycles. The molecule has 2 N–H and O–H groups in total. The summed E-state index contributed by atoms with van der Waals surface area (Å²) in [5.74, 6) is -1.11. The molecule has 0 aliphatic rings. The minimum absolute atomic E-state index is 0.0167. The Kier molecular flexibility index (Phi) is 4.29. The zero-order valence-electron chi connectivity index (χ0n) is 10.9. The number of anilines is 1. The number of carboxylic acid groups (broad SMARTS) is 1. The molecule has 1 aromatic heterocycles. The van der Waals surface area contributed by atoms with Gasteiger partial charge in [-0.05, 0) is 46.6 Å². The van der Waals surface area contributed by atoms with E-state index in [9.17, 15) is 13.2 Å². The van der Waals surface area contributed by atoms with Crippen molar-refractivity contribution in [1.82, 2.24) is 4.98 Å². The van der Waals surface area contributed by atoms with Crippen LogP contribution in [0.5, 0.6) is 0 Å². The molecule has 0 amide bonds. The molecule has 1 heterocycles. The van der Waals surface area contributed by atoms with Gasteiger partial charge in [0.05, 0.1) is 11.3 Å². The highest BCUT2D eigenvalue weighted by molar-refractivity contribution is 9.10. The molecule has 0 unspecified atom stereocenters. The quantitative estimate of drug-likeness (QED) is 0.862. The van der Waals surface area contributed by atoms with E-state index in [1.54, 1.807) is 6.92 Å². The molecule has 0 bridgehead atoms. The van der Waals surface area contributed by atoms with Crippen LogP contribution in [0.25, 0.3) is 0 Å². The molecule has 0 atom stereocenters. The van der Waals surface area contributed by atoms with Crippen molar-refractivity contribution in [3.63, 3.8) is 0 Å². The van der Waals surface area contributed by atoms with Gasteiger partial charge in [0.15, 0.2) is 0 Å². The third-order valence-electron chi connectivity index (χ3n) is 2.80. The number of nitrogens with one attached hydrogen (secondary N) is 1. The molecular formula is C13H11BrN2O4S. The SMILES string of the molecule is Cc1c(NS(=O)(=O)c2cncc(Br)c2)cccc1C(=O)O. The van der Waals surface area contributed by atoms with E-state index in [0.29, 0.717) is 10.0 Å². The standard InChI is InChI=1S/C13H11BrN2O4S/c1-8-11(13(17)18)3-2-4-12(8)16-21(19,20)10-5-9(14)6-15-7-10/h2-7,16H,1H3,(H,17,18). The molecule has 0 spiro atoms. The first-order valence-corrected chi connectivity index (χ1v) is 8.05. The maximum atomic E-state index is 12.3. The van der Waals surface area contributed by atoms with Gasteiger partial charge in [0.1, 0.15) is 4.90 Å². The highest BCUT2D eigenvalue weighted by Gasteiger charge is 2.18. The average Bonchev–Trinajstić information content (AvgIpc) is 2.40. The maximum Gasteiger partial charge on any atom is 0.336 e. The van der Waals surface area contributed by atoms with Crippen molar-refractivity contribution >= 4 is 37.6 Å². The van der Waals surface area contributed by atoms with Gasteiger partial charge in [0.25, 0.3) is 10.0 Å². The van der Waals surface area contributed by atoms with Crippen LogP contribution in [0.2, 0.25) is 0 Å². The van der Waals surface area contributed by atoms with Crippen molar-refractivity contribution < 1.29 is 18.3 Å². The third kappa shape index (κ3) is 3.40. The summed E-state index contributed by atoms with van der Waals surface area (Å²) in [5, 5.41) is 9.05. The van der Waals surface area contributed by atoms with E-state index in [2.05, 4.69) is 25.6 Å². The molecule has 1 aromatic carbocycles. The van der Waals surface area contributed by atoms with Crippen LogP contribution in [0.3, 0.4) is 0 Å². The number of aromatic nitrogens is 1. The molecule has 21 heavy (non-hydrogen) atoms. The summed E-state index contributed by atoms with van der Waals surface area (Å²) in [6.45, 7) is 1.54. The molecule has 2 rings (SSSR count). The largest absolute Gasteiger partial charge is 0.478 e. The topological polar surface area (TPSA) is 96.4 Å². The number of carbonyl (C=O) groups is 1. The molecule has 8 heteroatoms. The van der Waals surface area contributed by atoms with Gasteiger partial charge in [0, 0.05) is 16.9 Å².